The minimum atomic E-state index is -3.86. The summed E-state index contributed by atoms with van der Waals surface area (Å²) in [4.78, 5) is 12.7. The van der Waals surface area contributed by atoms with Gasteiger partial charge in [-0.3, -0.25) is 9.52 Å². The first kappa shape index (κ1) is 17.3. The summed E-state index contributed by atoms with van der Waals surface area (Å²) in [5.41, 5.74) is 1.39. The number of hydrogen-bond donors (Lipinski definition) is 2. The zero-order valence-electron chi connectivity index (χ0n) is 12.4. The van der Waals surface area contributed by atoms with E-state index in [2.05, 4.69) is 9.62 Å². The Kier molecular flexibility index (Phi) is 5.98. The number of nitrogens with zero attached hydrogens (tertiary/aromatic N) is 2. The van der Waals surface area contributed by atoms with Crippen LogP contribution in [0, 0.1) is 0 Å². The minimum absolute atomic E-state index is 0.392. The van der Waals surface area contributed by atoms with Crippen molar-refractivity contribution in [2.75, 3.05) is 36.3 Å². The molecule has 0 heterocycles. The third-order valence-corrected chi connectivity index (χ3v) is 4.45. The van der Waals surface area contributed by atoms with Crippen molar-refractivity contribution in [1.82, 2.24) is 4.31 Å². The van der Waals surface area contributed by atoms with E-state index >= 15 is 0 Å². The molecule has 0 radical (unpaired) electrons. The zero-order valence-corrected chi connectivity index (χ0v) is 13.2. The molecule has 21 heavy (non-hydrogen) atoms. The Bertz CT molecular complexity index is 568. The molecule has 0 fully saturated rings. The zero-order chi connectivity index (χ0) is 16.0. The molecule has 118 valence electrons. The summed E-state index contributed by atoms with van der Waals surface area (Å²) in [6, 6.07) is 6.95. The summed E-state index contributed by atoms with van der Waals surface area (Å²) in [7, 11) is -2.65. The van der Waals surface area contributed by atoms with Crippen LogP contribution in [0.2, 0.25) is 0 Å². The molecule has 0 aliphatic heterocycles. The van der Waals surface area contributed by atoms with E-state index in [1.54, 1.807) is 12.1 Å². The van der Waals surface area contributed by atoms with Crippen LogP contribution in [0.4, 0.5) is 11.4 Å². The highest BCUT2D eigenvalue weighted by atomic mass is 32.2. The summed E-state index contributed by atoms with van der Waals surface area (Å²) in [5, 5.41) is 8.63. The number of hydrogen-bond acceptors (Lipinski definition) is 4. The molecule has 0 bridgehead atoms. The van der Waals surface area contributed by atoms with Gasteiger partial charge in [0.05, 0.1) is 0 Å². The second-order valence-corrected chi connectivity index (χ2v) is 6.25. The summed E-state index contributed by atoms with van der Waals surface area (Å²) >= 11 is 0. The van der Waals surface area contributed by atoms with Crippen molar-refractivity contribution in [2.24, 2.45) is 0 Å². The highest BCUT2D eigenvalue weighted by Gasteiger charge is 2.20. The minimum Gasteiger partial charge on any atom is -0.480 e. The van der Waals surface area contributed by atoms with Gasteiger partial charge in [-0.25, -0.2) is 0 Å². The van der Waals surface area contributed by atoms with Gasteiger partial charge in [0.2, 0.25) is 0 Å². The van der Waals surface area contributed by atoms with Gasteiger partial charge in [-0.1, -0.05) is 0 Å². The molecular formula is C13H21N3O4S. The van der Waals surface area contributed by atoms with Crippen molar-refractivity contribution >= 4 is 27.6 Å². The van der Waals surface area contributed by atoms with Crippen molar-refractivity contribution in [3.8, 4) is 0 Å². The second-order valence-electron chi connectivity index (χ2n) is 4.48. The normalized spacial score (nSPS) is 11.4. The molecule has 1 aromatic carbocycles. The van der Waals surface area contributed by atoms with Crippen molar-refractivity contribution in [2.45, 2.75) is 13.8 Å². The van der Waals surface area contributed by atoms with E-state index in [1.807, 2.05) is 26.0 Å². The maximum absolute atomic E-state index is 11.9. The third-order valence-electron chi connectivity index (χ3n) is 3.01. The molecule has 0 aromatic heterocycles. The van der Waals surface area contributed by atoms with Crippen LogP contribution in [0.15, 0.2) is 24.3 Å². The third kappa shape index (κ3) is 4.91. The molecule has 0 spiro atoms. The molecule has 0 aliphatic carbocycles. The van der Waals surface area contributed by atoms with Crippen LogP contribution in [-0.2, 0) is 15.0 Å². The van der Waals surface area contributed by atoms with Gasteiger partial charge in [-0.05, 0) is 38.1 Å². The van der Waals surface area contributed by atoms with Crippen molar-refractivity contribution in [3.05, 3.63) is 24.3 Å². The first-order chi connectivity index (χ1) is 9.80. The first-order valence-corrected chi connectivity index (χ1v) is 8.05. The molecule has 0 saturated carbocycles. The molecule has 8 heteroatoms. The van der Waals surface area contributed by atoms with Gasteiger partial charge in [-0.2, -0.15) is 12.7 Å². The predicted octanol–water partition coefficient (Wildman–Crippen LogP) is 1.21. The molecule has 0 saturated heterocycles. The molecule has 1 aromatic rings. The average molecular weight is 315 g/mol. The largest absolute Gasteiger partial charge is 0.480 e. The van der Waals surface area contributed by atoms with Crippen molar-refractivity contribution < 1.29 is 18.3 Å². The highest BCUT2D eigenvalue weighted by Crippen LogP contribution is 2.18. The van der Waals surface area contributed by atoms with Gasteiger partial charge in [0.25, 0.3) is 0 Å². The number of carboxylic acids is 1. The number of likely N-dealkylation sites (N-methyl/N-ethyl adjacent to an activating group) is 1. The number of rotatable bonds is 8. The lowest BCUT2D eigenvalue weighted by atomic mass is 10.2. The Morgan fingerprint density at radius 1 is 1.19 bits per heavy atom. The monoisotopic (exact) mass is 315 g/mol. The van der Waals surface area contributed by atoms with Crippen molar-refractivity contribution in [1.29, 1.82) is 0 Å². The van der Waals surface area contributed by atoms with Gasteiger partial charge in [0, 0.05) is 31.5 Å². The highest BCUT2D eigenvalue weighted by molar-refractivity contribution is 7.90. The fourth-order valence-corrected chi connectivity index (χ4v) is 2.70. The molecule has 0 amide bonds. The SMILES string of the molecule is CCN(CC)c1ccc(NS(=O)(=O)N(C)CC(=O)O)cc1. The summed E-state index contributed by atoms with van der Waals surface area (Å²) < 4.78 is 26.9. The van der Waals surface area contributed by atoms with Gasteiger partial charge >= 0.3 is 16.2 Å². The molecule has 0 aliphatic rings. The summed E-state index contributed by atoms with van der Waals surface area (Å²) in [5.74, 6) is -1.21. The standard InChI is InChI=1S/C13H21N3O4S/c1-4-16(5-2)12-8-6-11(7-9-12)14-21(19,20)15(3)10-13(17)18/h6-9,14H,4-5,10H2,1-3H3,(H,17,18). The van der Waals surface area contributed by atoms with Gasteiger partial charge in [0.15, 0.2) is 0 Å². The van der Waals surface area contributed by atoms with Crippen LogP contribution >= 0.6 is 0 Å². The number of nitrogens with one attached hydrogen (secondary N) is 1. The van der Waals surface area contributed by atoms with Crippen LogP contribution in [0.3, 0.4) is 0 Å². The predicted molar refractivity (Wildman–Crippen MR) is 82.8 cm³/mol. The maximum atomic E-state index is 11.9. The Morgan fingerprint density at radius 2 is 1.71 bits per heavy atom. The number of benzene rings is 1. The lowest BCUT2D eigenvalue weighted by Crippen LogP contribution is -2.36. The van der Waals surface area contributed by atoms with Gasteiger partial charge < -0.3 is 10.0 Å². The number of carboxylic acid groups (broad SMARTS) is 1. The van der Waals surface area contributed by atoms with Crippen LogP contribution in [-0.4, -0.2) is 50.5 Å². The summed E-state index contributed by atoms with van der Waals surface area (Å²) in [6.07, 6.45) is 0. The Hall–Kier alpha value is -1.80. The molecule has 0 unspecified atom stereocenters. The van der Waals surface area contributed by atoms with E-state index in [9.17, 15) is 13.2 Å². The van der Waals surface area contributed by atoms with E-state index in [-0.39, 0.29) is 0 Å². The quantitative estimate of drug-likeness (QED) is 0.752. The van der Waals surface area contributed by atoms with E-state index in [0.717, 1.165) is 23.1 Å². The van der Waals surface area contributed by atoms with E-state index in [0.29, 0.717) is 5.69 Å². The lowest BCUT2D eigenvalue weighted by molar-refractivity contribution is -0.137. The number of anilines is 2. The lowest BCUT2D eigenvalue weighted by Gasteiger charge is -2.21. The number of carbonyl (C=O) groups is 1. The molecule has 7 nitrogen and oxygen atoms in total. The van der Waals surface area contributed by atoms with Crippen LogP contribution in [0.5, 0.6) is 0 Å². The Morgan fingerprint density at radius 3 is 2.14 bits per heavy atom. The Labute approximate surface area is 125 Å². The smallest absolute Gasteiger partial charge is 0.318 e. The molecule has 2 N–H and O–H groups in total. The fraction of sp³-hybridized carbons (Fsp3) is 0.462. The van der Waals surface area contributed by atoms with Crippen LogP contribution in [0.1, 0.15) is 13.8 Å². The van der Waals surface area contributed by atoms with E-state index in [4.69, 9.17) is 5.11 Å². The van der Waals surface area contributed by atoms with Crippen molar-refractivity contribution in [3.63, 3.8) is 0 Å². The number of aliphatic carboxylic acids is 1. The average Bonchev–Trinajstić information content (AvgIpc) is 2.41. The second kappa shape index (κ2) is 7.28. The molecule has 1 rings (SSSR count). The van der Waals surface area contributed by atoms with E-state index < -0.39 is 22.7 Å². The maximum Gasteiger partial charge on any atom is 0.318 e. The topological polar surface area (TPSA) is 90.0 Å². The van der Waals surface area contributed by atoms with Gasteiger partial charge in [-0.15, -0.1) is 0 Å². The van der Waals surface area contributed by atoms with Gasteiger partial charge in [0.1, 0.15) is 6.54 Å². The first-order valence-electron chi connectivity index (χ1n) is 6.61. The fourth-order valence-electron chi connectivity index (χ4n) is 1.83. The summed E-state index contributed by atoms with van der Waals surface area (Å²) in [6.45, 7) is 5.22. The molecule has 0 atom stereocenters. The van der Waals surface area contributed by atoms with E-state index in [1.165, 1.54) is 7.05 Å². The Balaban J connectivity index is 2.82. The molecular weight excluding hydrogens is 294 g/mol. The van der Waals surface area contributed by atoms with Crippen LogP contribution < -0.4 is 9.62 Å². The van der Waals surface area contributed by atoms with Crippen LogP contribution in [0.25, 0.3) is 0 Å².